The first-order valence-electron chi connectivity index (χ1n) is 8.67. The standard InChI is InChI=1S/C16H14N6O5S4.Na/c1-21-16(18-19-20-21)30-6-7-5-29-14-9(13(24)22(14)10(7)15(25)26)17-12(23)11(31-27)8-3-2-4-28-8;/h2-4,9,14H,5-6H2,1H3,(H,17,23)(H,25,26);/q;+1/p-1/t9?,14-;/m1./s1. The Morgan fingerprint density at radius 2 is 2.19 bits per heavy atom. The van der Waals surface area contributed by atoms with Gasteiger partial charge in [0.15, 0.2) is 0 Å². The zero-order valence-electron chi connectivity index (χ0n) is 16.7. The van der Waals surface area contributed by atoms with Crippen LogP contribution in [0.1, 0.15) is 4.88 Å². The number of aliphatic carboxylic acids is 1. The number of aryl methyl sites for hydroxylation is 1. The normalized spacial score (nSPS) is 19.5. The number of carboxylic acid groups (broad SMARTS) is 1. The molecule has 0 radical (unpaired) electrons. The zero-order valence-corrected chi connectivity index (χ0v) is 22.0. The quantitative estimate of drug-likeness (QED) is 0.124. The van der Waals surface area contributed by atoms with Crippen LogP contribution < -0.4 is 40.0 Å². The van der Waals surface area contributed by atoms with E-state index in [1.807, 2.05) is 0 Å². The summed E-state index contributed by atoms with van der Waals surface area (Å²) in [5.74, 6) is -2.08. The number of carbonyl (C=O) groups excluding carboxylic acids is 3. The van der Waals surface area contributed by atoms with Gasteiger partial charge in [-0.05, 0) is 27.4 Å². The Kier molecular flexibility index (Phi) is 8.35. The molecule has 2 aliphatic rings. The first kappa shape index (κ1) is 25.1. The number of amides is 2. The Bertz CT molecular complexity index is 1150. The third-order valence-corrected chi connectivity index (χ3v) is 8.54. The molecule has 32 heavy (non-hydrogen) atoms. The molecule has 0 aliphatic carbocycles. The number of hydrogen-bond donors (Lipinski definition) is 1. The SMILES string of the molecule is Cn1nnnc1SCC1=C(C(=O)[O-])N2C(=O)C(NC(=O)C(=S=O)c3cccs3)[C@H]2SC1.[Na+]. The maximum absolute atomic E-state index is 12.7. The minimum atomic E-state index is -1.46. The van der Waals surface area contributed by atoms with Crippen LogP contribution in [-0.4, -0.2) is 74.9 Å². The summed E-state index contributed by atoms with van der Waals surface area (Å²) >= 11 is 3.87. The number of tetrazole rings is 1. The fourth-order valence-electron chi connectivity index (χ4n) is 3.08. The third kappa shape index (κ3) is 4.73. The molecular formula is C16H13N6NaO5S4. The number of carboxylic acids is 1. The molecule has 16 heteroatoms. The van der Waals surface area contributed by atoms with Gasteiger partial charge in [-0.2, -0.15) is 0 Å². The molecule has 0 saturated carbocycles. The second kappa shape index (κ2) is 10.6. The van der Waals surface area contributed by atoms with Crippen LogP contribution in [0.4, 0.5) is 0 Å². The molecule has 2 aromatic heterocycles. The molecule has 1 saturated heterocycles. The van der Waals surface area contributed by atoms with Gasteiger partial charge in [0.1, 0.15) is 27.5 Å². The molecule has 2 amide bonds. The van der Waals surface area contributed by atoms with Crippen molar-refractivity contribution in [2.45, 2.75) is 16.6 Å². The third-order valence-electron chi connectivity index (χ3n) is 4.52. The fourth-order valence-corrected chi connectivity index (χ4v) is 6.61. The number of aromatic nitrogens is 4. The number of thioether (sulfide) groups is 2. The number of hydrogen-bond acceptors (Lipinski definition) is 11. The molecule has 11 nitrogen and oxygen atoms in total. The van der Waals surface area contributed by atoms with Gasteiger partial charge in [-0.3, -0.25) is 14.5 Å². The van der Waals surface area contributed by atoms with Crippen LogP contribution in [0, 0.1) is 0 Å². The van der Waals surface area contributed by atoms with Crippen LogP contribution in [0.2, 0.25) is 0 Å². The second-order valence-electron chi connectivity index (χ2n) is 6.36. The zero-order chi connectivity index (χ0) is 22.1. The molecule has 0 bridgehead atoms. The van der Waals surface area contributed by atoms with E-state index >= 15 is 0 Å². The van der Waals surface area contributed by atoms with Gasteiger partial charge in [0.25, 0.3) is 11.8 Å². The second-order valence-corrected chi connectivity index (χ2v) is 9.93. The summed E-state index contributed by atoms with van der Waals surface area (Å²) < 4.78 is 12.9. The van der Waals surface area contributed by atoms with Gasteiger partial charge in [0, 0.05) is 18.6 Å². The number of rotatable bonds is 7. The van der Waals surface area contributed by atoms with Crippen LogP contribution in [0.3, 0.4) is 0 Å². The summed E-state index contributed by atoms with van der Waals surface area (Å²) in [5, 5.41) is 27.1. The van der Waals surface area contributed by atoms with Gasteiger partial charge >= 0.3 is 29.6 Å². The monoisotopic (exact) mass is 520 g/mol. The van der Waals surface area contributed by atoms with Crippen molar-refractivity contribution in [3.63, 3.8) is 0 Å². The molecule has 2 atom stereocenters. The summed E-state index contributed by atoms with van der Waals surface area (Å²) in [6.07, 6.45) is 0. The number of nitrogens with one attached hydrogen (secondary N) is 1. The number of fused-ring (bicyclic) bond motifs is 1. The van der Waals surface area contributed by atoms with E-state index in [1.165, 1.54) is 39.5 Å². The van der Waals surface area contributed by atoms with Gasteiger partial charge < -0.3 is 15.2 Å². The largest absolute Gasteiger partial charge is 1.00 e. The van der Waals surface area contributed by atoms with Crippen molar-refractivity contribution in [1.29, 1.82) is 0 Å². The predicted molar refractivity (Wildman–Crippen MR) is 113 cm³/mol. The fraction of sp³-hybridized carbons (Fsp3) is 0.312. The summed E-state index contributed by atoms with van der Waals surface area (Å²) in [5.41, 5.74) is 0.316. The van der Waals surface area contributed by atoms with Crippen LogP contribution in [0.25, 0.3) is 0 Å². The van der Waals surface area contributed by atoms with Crippen molar-refractivity contribution < 1.29 is 53.3 Å². The summed E-state index contributed by atoms with van der Waals surface area (Å²) in [7, 11) is 1.66. The van der Waals surface area contributed by atoms with Crippen LogP contribution in [0.5, 0.6) is 0 Å². The molecule has 162 valence electrons. The molecule has 1 unspecified atom stereocenters. The minimum absolute atomic E-state index is 0. The van der Waals surface area contributed by atoms with Gasteiger partial charge in [-0.1, -0.05) is 17.8 Å². The van der Waals surface area contributed by atoms with E-state index in [-0.39, 0.29) is 57.1 Å². The average Bonchev–Trinajstić information content (AvgIpc) is 3.42. The van der Waals surface area contributed by atoms with Crippen LogP contribution in [0.15, 0.2) is 33.9 Å². The Labute approximate surface area is 219 Å². The number of thiophene rings is 1. The van der Waals surface area contributed by atoms with E-state index in [0.717, 1.165) is 4.90 Å². The topological polar surface area (TPSA) is 150 Å². The Balaban J connectivity index is 0.00000289. The maximum Gasteiger partial charge on any atom is 1.00 e. The first-order chi connectivity index (χ1) is 14.9. The molecule has 0 spiro atoms. The molecule has 0 aromatic carbocycles. The van der Waals surface area contributed by atoms with Crippen molar-refractivity contribution in [2.75, 3.05) is 11.5 Å². The van der Waals surface area contributed by atoms with Gasteiger partial charge in [-0.15, -0.1) is 28.2 Å². The van der Waals surface area contributed by atoms with E-state index in [0.29, 0.717) is 21.4 Å². The van der Waals surface area contributed by atoms with Gasteiger partial charge in [-0.25, -0.2) is 8.89 Å². The Hall–Kier alpha value is -1.49. The van der Waals surface area contributed by atoms with E-state index in [9.17, 15) is 23.7 Å². The molecule has 2 aliphatic heterocycles. The van der Waals surface area contributed by atoms with Crippen LogP contribution in [-0.2, 0) is 32.7 Å². The Morgan fingerprint density at radius 1 is 1.41 bits per heavy atom. The summed E-state index contributed by atoms with van der Waals surface area (Å²) in [6.45, 7) is 0. The van der Waals surface area contributed by atoms with Gasteiger partial charge in [0.2, 0.25) is 5.16 Å². The van der Waals surface area contributed by atoms with Crippen molar-refractivity contribution in [3.8, 4) is 0 Å². The molecule has 1 N–H and O–H groups in total. The van der Waals surface area contributed by atoms with E-state index < -0.39 is 29.2 Å². The summed E-state index contributed by atoms with van der Waals surface area (Å²) in [4.78, 5) is 38.7. The number of carbonyl (C=O) groups is 3. The minimum Gasteiger partial charge on any atom is -0.543 e. The van der Waals surface area contributed by atoms with Gasteiger partial charge in [0.05, 0.1) is 16.5 Å². The van der Waals surface area contributed by atoms with Crippen molar-refractivity contribution in [1.82, 2.24) is 30.4 Å². The van der Waals surface area contributed by atoms with E-state index in [1.54, 1.807) is 24.6 Å². The number of nitrogens with zero attached hydrogens (tertiary/aromatic N) is 5. The molecule has 1 fully saturated rings. The van der Waals surface area contributed by atoms with Crippen molar-refractivity contribution >= 4 is 68.8 Å². The molecule has 4 rings (SSSR count). The average molecular weight is 521 g/mol. The molecule has 2 aromatic rings. The maximum atomic E-state index is 12.7. The predicted octanol–water partition coefficient (Wildman–Crippen LogP) is -4.79. The first-order valence-corrected chi connectivity index (χ1v) is 12.3. The van der Waals surface area contributed by atoms with E-state index in [4.69, 9.17) is 0 Å². The molecular weight excluding hydrogens is 507 g/mol. The van der Waals surface area contributed by atoms with Crippen molar-refractivity contribution in [3.05, 3.63) is 33.7 Å². The molecule has 4 heterocycles. The van der Waals surface area contributed by atoms with E-state index in [2.05, 4.69) is 20.8 Å². The Morgan fingerprint density at radius 3 is 2.78 bits per heavy atom. The van der Waals surface area contributed by atoms with Crippen molar-refractivity contribution in [2.24, 2.45) is 7.05 Å². The summed E-state index contributed by atoms with van der Waals surface area (Å²) in [6, 6.07) is 2.43. The smallest absolute Gasteiger partial charge is 0.543 e. The number of β-lactam (4-membered cyclic amide) rings is 1. The van der Waals surface area contributed by atoms with Crippen LogP contribution >= 0.6 is 34.9 Å².